The maximum Gasteiger partial charge on any atom is 0.238 e. The predicted octanol–water partition coefficient (Wildman–Crippen LogP) is 4.99. The highest BCUT2D eigenvalue weighted by atomic mass is 16.7. The van der Waals surface area contributed by atoms with Crippen LogP contribution in [0.15, 0.2) is 29.5 Å². The van der Waals surface area contributed by atoms with E-state index in [1.807, 2.05) is 25.4 Å². The van der Waals surface area contributed by atoms with Gasteiger partial charge in [0.15, 0.2) is 11.5 Å². The molecule has 30 heavy (non-hydrogen) atoms. The monoisotopic (exact) mass is 405 g/mol. The first-order valence-corrected chi connectivity index (χ1v) is 11.2. The van der Waals surface area contributed by atoms with Gasteiger partial charge in [-0.3, -0.25) is 14.9 Å². The average Bonchev–Trinajstić information content (AvgIpc) is 3.16. The summed E-state index contributed by atoms with van der Waals surface area (Å²) in [5, 5.41) is 0. The van der Waals surface area contributed by atoms with Crippen LogP contribution in [0, 0.1) is 12.8 Å². The molecule has 0 bridgehead atoms. The van der Waals surface area contributed by atoms with Crippen molar-refractivity contribution in [2.24, 2.45) is 10.9 Å². The van der Waals surface area contributed by atoms with Gasteiger partial charge < -0.3 is 9.47 Å². The Balaban J connectivity index is 1.77. The van der Waals surface area contributed by atoms with E-state index in [4.69, 9.17) is 14.5 Å². The second-order valence-corrected chi connectivity index (χ2v) is 9.05. The number of rotatable bonds is 3. The molecule has 2 atom stereocenters. The minimum Gasteiger partial charge on any atom is -0.451 e. The number of hydrogen-bond acceptors (Lipinski definition) is 5. The molecule has 158 valence electrons. The Morgan fingerprint density at radius 1 is 1.03 bits per heavy atom. The summed E-state index contributed by atoms with van der Waals surface area (Å²) >= 11 is 0. The van der Waals surface area contributed by atoms with Gasteiger partial charge >= 0.3 is 0 Å². The van der Waals surface area contributed by atoms with Crippen molar-refractivity contribution in [1.82, 2.24) is 9.88 Å². The quantitative estimate of drug-likeness (QED) is 0.722. The molecule has 1 aliphatic carbocycles. The molecule has 0 spiro atoms. The molecule has 1 saturated carbocycles. The molecule has 2 aromatic rings. The minimum absolute atomic E-state index is 0.141. The van der Waals surface area contributed by atoms with Gasteiger partial charge in [0.25, 0.3) is 0 Å². The standard InChI is InChI=1S/C25H31N3O2/c1-15-21-19(13-20(28(3)4)27-23(21)17-9-6-5-7-10-17)22(18-11-8-12-26-14-18)25-24(15)29-16(2)30-25/h8,11-12,14,16-17,20H,5-7,9-10,13H2,1-4H3. The number of aliphatic imine (C=N–C) groups is 1. The van der Waals surface area contributed by atoms with Crippen LogP contribution in [-0.4, -0.2) is 42.1 Å². The van der Waals surface area contributed by atoms with Gasteiger partial charge in [0.1, 0.15) is 6.17 Å². The molecule has 1 aromatic heterocycles. The number of ether oxygens (including phenoxy) is 2. The molecular formula is C25H31N3O2. The number of benzene rings is 1. The van der Waals surface area contributed by atoms with Crippen molar-refractivity contribution in [3.8, 4) is 22.6 Å². The van der Waals surface area contributed by atoms with Crippen LogP contribution < -0.4 is 9.47 Å². The van der Waals surface area contributed by atoms with Crippen LogP contribution in [0.4, 0.5) is 0 Å². The molecule has 5 heteroatoms. The average molecular weight is 406 g/mol. The third kappa shape index (κ3) is 3.20. The highest BCUT2D eigenvalue weighted by Gasteiger charge is 2.38. The fourth-order valence-electron chi connectivity index (χ4n) is 5.30. The van der Waals surface area contributed by atoms with Crippen molar-refractivity contribution in [2.45, 2.75) is 64.8 Å². The van der Waals surface area contributed by atoms with Crippen LogP contribution in [0.2, 0.25) is 0 Å². The van der Waals surface area contributed by atoms with E-state index in [2.05, 4.69) is 37.0 Å². The Morgan fingerprint density at radius 3 is 2.50 bits per heavy atom. The van der Waals surface area contributed by atoms with Crippen molar-refractivity contribution in [2.75, 3.05) is 14.1 Å². The maximum absolute atomic E-state index is 6.21. The second-order valence-electron chi connectivity index (χ2n) is 9.05. The Morgan fingerprint density at radius 2 is 1.80 bits per heavy atom. The molecule has 0 amide bonds. The van der Waals surface area contributed by atoms with Crippen LogP contribution in [0.3, 0.4) is 0 Å². The molecule has 0 saturated heterocycles. The van der Waals surface area contributed by atoms with Gasteiger partial charge in [0, 0.05) is 59.6 Å². The number of likely N-dealkylation sites (N-methyl/N-ethyl adjacent to an activating group) is 1. The fraction of sp³-hybridized carbons (Fsp3) is 0.520. The van der Waals surface area contributed by atoms with Crippen LogP contribution in [-0.2, 0) is 6.42 Å². The van der Waals surface area contributed by atoms with Crippen molar-refractivity contribution >= 4 is 5.71 Å². The van der Waals surface area contributed by atoms with Gasteiger partial charge in [-0.25, -0.2) is 0 Å². The zero-order valence-corrected chi connectivity index (χ0v) is 18.4. The highest BCUT2D eigenvalue weighted by Crippen LogP contribution is 2.51. The van der Waals surface area contributed by atoms with E-state index in [-0.39, 0.29) is 12.5 Å². The van der Waals surface area contributed by atoms with Crippen LogP contribution in [0.1, 0.15) is 55.7 Å². The third-order valence-corrected chi connectivity index (χ3v) is 6.79. The lowest BCUT2D eigenvalue weighted by Crippen LogP contribution is -2.36. The Hall–Kier alpha value is -2.40. The predicted molar refractivity (Wildman–Crippen MR) is 119 cm³/mol. The van der Waals surface area contributed by atoms with Gasteiger partial charge in [-0.15, -0.1) is 0 Å². The summed E-state index contributed by atoms with van der Waals surface area (Å²) in [7, 11) is 4.26. The summed E-state index contributed by atoms with van der Waals surface area (Å²) in [5.74, 6) is 2.28. The first-order valence-electron chi connectivity index (χ1n) is 11.2. The summed E-state index contributed by atoms with van der Waals surface area (Å²) in [4.78, 5) is 12.0. The zero-order chi connectivity index (χ0) is 20.8. The number of pyridine rings is 1. The van der Waals surface area contributed by atoms with E-state index >= 15 is 0 Å². The highest BCUT2D eigenvalue weighted by molar-refractivity contribution is 6.08. The zero-order valence-electron chi connectivity index (χ0n) is 18.4. The number of hydrogen-bond donors (Lipinski definition) is 0. The summed E-state index contributed by atoms with van der Waals surface area (Å²) in [6.07, 6.45) is 10.9. The van der Waals surface area contributed by atoms with Crippen molar-refractivity contribution in [3.63, 3.8) is 0 Å². The summed E-state index contributed by atoms with van der Waals surface area (Å²) < 4.78 is 12.4. The molecule has 1 fully saturated rings. The molecule has 3 heterocycles. The van der Waals surface area contributed by atoms with Crippen LogP contribution in [0.5, 0.6) is 11.5 Å². The topological polar surface area (TPSA) is 47.0 Å². The lowest BCUT2D eigenvalue weighted by Gasteiger charge is -2.35. The molecule has 0 radical (unpaired) electrons. The summed E-state index contributed by atoms with van der Waals surface area (Å²) in [6, 6.07) is 4.12. The Bertz CT molecular complexity index is 978. The molecule has 2 aliphatic heterocycles. The lowest BCUT2D eigenvalue weighted by molar-refractivity contribution is 0.0677. The SMILES string of the molecule is Cc1c2c(c(-c3cccnc3)c3c1C(C1CCCCC1)=NC(N(C)C)C3)OC(C)O2. The maximum atomic E-state index is 6.21. The van der Waals surface area contributed by atoms with Gasteiger partial charge in [-0.2, -0.15) is 0 Å². The van der Waals surface area contributed by atoms with Crippen molar-refractivity contribution in [1.29, 1.82) is 0 Å². The lowest BCUT2D eigenvalue weighted by atomic mass is 9.77. The fourth-order valence-corrected chi connectivity index (χ4v) is 5.30. The van der Waals surface area contributed by atoms with E-state index in [1.54, 1.807) is 0 Å². The van der Waals surface area contributed by atoms with Crippen LogP contribution in [0.25, 0.3) is 11.1 Å². The van der Waals surface area contributed by atoms with Gasteiger partial charge in [0.05, 0.1) is 0 Å². The second kappa shape index (κ2) is 7.69. The van der Waals surface area contributed by atoms with E-state index in [9.17, 15) is 0 Å². The molecule has 5 nitrogen and oxygen atoms in total. The normalized spacial score (nSPS) is 23.4. The molecule has 5 rings (SSSR count). The smallest absolute Gasteiger partial charge is 0.238 e. The third-order valence-electron chi connectivity index (χ3n) is 6.79. The number of nitrogens with zero attached hydrogens (tertiary/aromatic N) is 3. The first-order chi connectivity index (χ1) is 14.5. The molecule has 0 N–H and O–H groups in total. The first kappa shape index (κ1) is 19.6. The van der Waals surface area contributed by atoms with Crippen molar-refractivity contribution < 1.29 is 9.47 Å². The minimum atomic E-state index is -0.280. The van der Waals surface area contributed by atoms with Crippen LogP contribution >= 0.6 is 0 Å². The van der Waals surface area contributed by atoms with E-state index in [1.165, 1.54) is 54.5 Å². The Labute approximate surface area is 179 Å². The number of aromatic nitrogens is 1. The summed E-state index contributed by atoms with van der Waals surface area (Å²) in [5.41, 5.74) is 7.33. The van der Waals surface area contributed by atoms with E-state index < -0.39 is 0 Å². The Kier molecular flexibility index (Phi) is 5.02. The van der Waals surface area contributed by atoms with Gasteiger partial charge in [0.2, 0.25) is 6.29 Å². The molecule has 2 unspecified atom stereocenters. The number of fused-ring (bicyclic) bond motifs is 2. The largest absolute Gasteiger partial charge is 0.451 e. The van der Waals surface area contributed by atoms with Gasteiger partial charge in [-0.1, -0.05) is 25.3 Å². The van der Waals surface area contributed by atoms with Crippen molar-refractivity contribution in [3.05, 3.63) is 41.2 Å². The summed E-state index contributed by atoms with van der Waals surface area (Å²) in [6.45, 7) is 4.14. The van der Waals surface area contributed by atoms with E-state index in [0.29, 0.717) is 5.92 Å². The van der Waals surface area contributed by atoms with E-state index in [0.717, 1.165) is 29.0 Å². The molecular weight excluding hydrogens is 374 g/mol. The molecule has 3 aliphatic rings. The molecule has 1 aromatic carbocycles. The van der Waals surface area contributed by atoms with Gasteiger partial charge in [-0.05, 0) is 45.5 Å².